The van der Waals surface area contributed by atoms with Crippen molar-refractivity contribution >= 4 is 11.4 Å². The molecule has 10 nitrogen and oxygen atoms in total. The third-order valence-corrected chi connectivity index (χ3v) is 8.41. The number of aromatic nitrogens is 2. The molecule has 5 rings (SSSR count). The molecule has 1 aliphatic rings. The van der Waals surface area contributed by atoms with Crippen molar-refractivity contribution in [2.45, 2.75) is 39.2 Å². The molecule has 248 valence electrons. The third-order valence-electron chi connectivity index (χ3n) is 8.41. The van der Waals surface area contributed by atoms with E-state index in [2.05, 4.69) is 4.90 Å². The van der Waals surface area contributed by atoms with Crippen LogP contribution in [-0.2, 0) is 32.2 Å². The first-order valence-corrected chi connectivity index (χ1v) is 14.9. The number of benzene rings is 3. The van der Waals surface area contributed by atoms with Gasteiger partial charge in [-0.05, 0) is 42.7 Å². The Hall–Kier alpha value is -4.98. The molecule has 0 aliphatic carbocycles. The van der Waals surface area contributed by atoms with E-state index in [0.29, 0.717) is 38.5 Å². The molecule has 0 unspecified atom stereocenters. The van der Waals surface area contributed by atoms with Crippen LogP contribution in [0.5, 0.6) is 5.75 Å². The Morgan fingerprint density at radius 3 is 2.30 bits per heavy atom. The van der Waals surface area contributed by atoms with E-state index in [1.807, 2.05) is 0 Å². The summed E-state index contributed by atoms with van der Waals surface area (Å²) in [5.74, 6) is -0.566. The molecule has 2 heterocycles. The van der Waals surface area contributed by atoms with Gasteiger partial charge in [-0.25, -0.2) is 9.18 Å². The zero-order valence-corrected chi connectivity index (χ0v) is 25.8. The van der Waals surface area contributed by atoms with E-state index in [9.17, 15) is 37.3 Å². The van der Waals surface area contributed by atoms with E-state index in [-0.39, 0.29) is 30.0 Å². The van der Waals surface area contributed by atoms with Crippen molar-refractivity contribution in [3.05, 3.63) is 131 Å². The highest BCUT2D eigenvalue weighted by Gasteiger charge is 2.35. The molecule has 4 aromatic rings. The van der Waals surface area contributed by atoms with Crippen molar-refractivity contribution in [2.75, 3.05) is 38.2 Å². The van der Waals surface area contributed by atoms with Gasteiger partial charge in [-0.15, -0.1) is 0 Å². The molecule has 47 heavy (non-hydrogen) atoms. The fourth-order valence-electron chi connectivity index (χ4n) is 5.97. The normalized spacial score (nSPS) is 14.0. The number of nitro groups is 1. The second-order valence-corrected chi connectivity index (χ2v) is 11.3. The number of hydrogen-bond donors (Lipinski definition) is 0. The van der Waals surface area contributed by atoms with Gasteiger partial charge >= 0.3 is 11.9 Å². The van der Waals surface area contributed by atoms with Crippen LogP contribution < -0.4 is 20.9 Å². The van der Waals surface area contributed by atoms with Crippen LogP contribution in [0.2, 0.25) is 0 Å². The second kappa shape index (κ2) is 13.8. The van der Waals surface area contributed by atoms with Gasteiger partial charge in [-0.3, -0.25) is 28.9 Å². The zero-order chi connectivity index (χ0) is 33.9. The number of aryl methyl sites for hydroxylation is 1. The second-order valence-electron chi connectivity index (χ2n) is 11.3. The summed E-state index contributed by atoms with van der Waals surface area (Å²) in [6.45, 7) is 2.69. The zero-order valence-electron chi connectivity index (χ0n) is 25.8. The predicted octanol–water partition coefficient (Wildman–Crippen LogP) is 5.01. The molecule has 0 N–H and O–H groups in total. The quantitative estimate of drug-likeness (QED) is 0.135. The van der Waals surface area contributed by atoms with E-state index >= 15 is 0 Å². The Morgan fingerprint density at radius 2 is 1.62 bits per heavy atom. The van der Waals surface area contributed by atoms with E-state index in [0.717, 1.165) is 38.5 Å². The SMILES string of the molecule is COc1ccccc1CCn1c(=O)c(N2CCN(Cc3cccc([N+](=O)[O-])c3)CC2)c(C)n(Cc2c(F)cccc2C(F)(F)F)c1=O. The highest BCUT2D eigenvalue weighted by molar-refractivity contribution is 5.50. The lowest BCUT2D eigenvalue weighted by atomic mass is 10.1. The lowest BCUT2D eigenvalue weighted by Crippen LogP contribution is -2.51. The molecule has 0 atom stereocenters. The number of nitrogens with zero attached hydrogens (tertiary/aromatic N) is 5. The van der Waals surface area contributed by atoms with Crippen LogP contribution in [0.1, 0.15) is 27.9 Å². The minimum atomic E-state index is -4.87. The predicted molar refractivity (Wildman–Crippen MR) is 167 cm³/mol. The number of nitro benzene ring substituents is 1. The number of halogens is 4. The summed E-state index contributed by atoms with van der Waals surface area (Å²) in [5, 5.41) is 11.2. The maximum absolute atomic E-state index is 15.0. The summed E-state index contributed by atoms with van der Waals surface area (Å²) in [4.78, 5) is 42.4. The Labute approximate surface area is 267 Å². The van der Waals surface area contributed by atoms with Crippen LogP contribution in [-0.4, -0.2) is 52.2 Å². The molecular formula is C33H33F4N5O5. The number of hydrogen-bond acceptors (Lipinski definition) is 7. The van der Waals surface area contributed by atoms with Crippen LogP contribution in [0.15, 0.2) is 76.3 Å². The van der Waals surface area contributed by atoms with E-state index < -0.39 is 45.8 Å². The van der Waals surface area contributed by atoms with Gasteiger partial charge < -0.3 is 9.64 Å². The molecular weight excluding hydrogens is 622 g/mol. The van der Waals surface area contributed by atoms with Crippen LogP contribution in [0.3, 0.4) is 0 Å². The van der Waals surface area contributed by atoms with Gasteiger partial charge in [0.05, 0.1) is 24.1 Å². The first-order valence-electron chi connectivity index (χ1n) is 14.9. The van der Waals surface area contributed by atoms with Crippen molar-refractivity contribution < 1.29 is 27.2 Å². The van der Waals surface area contributed by atoms with Gasteiger partial charge in [-0.2, -0.15) is 13.2 Å². The molecule has 0 bridgehead atoms. The fourth-order valence-corrected chi connectivity index (χ4v) is 5.97. The van der Waals surface area contributed by atoms with Gasteiger partial charge in [0.15, 0.2) is 0 Å². The largest absolute Gasteiger partial charge is 0.496 e. The first kappa shape index (κ1) is 33.4. The molecule has 14 heteroatoms. The minimum absolute atomic E-state index is 0.0174. The molecule has 1 aromatic heterocycles. The maximum Gasteiger partial charge on any atom is 0.416 e. The van der Waals surface area contributed by atoms with Crippen molar-refractivity contribution in [1.29, 1.82) is 0 Å². The number of methoxy groups -OCH3 is 1. The summed E-state index contributed by atoms with van der Waals surface area (Å²) < 4.78 is 64.1. The standard InChI is InChI=1S/C33H33F4N5O5/c1-22-30(39-17-15-38(16-18-39)20-23-7-5-9-25(19-23)42(45)46)31(43)40(14-13-24-8-3-4-12-29(24)47-2)32(44)41(22)21-26-27(33(35,36)37)10-6-11-28(26)34/h3-12,19H,13-18,20-21H2,1-2H3. The van der Waals surface area contributed by atoms with Gasteiger partial charge in [0.2, 0.25) is 0 Å². The van der Waals surface area contributed by atoms with Crippen molar-refractivity contribution in [3.8, 4) is 5.75 Å². The third kappa shape index (κ3) is 7.22. The van der Waals surface area contributed by atoms with Crippen LogP contribution in [0.4, 0.5) is 28.9 Å². The Morgan fingerprint density at radius 1 is 0.915 bits per heavy atom. The van der Waals surface area contributed by atoms with Crippen LogP contribution >= 0.6 is 0 Å². The molecule has 3 aromatic carbocycles. The number of piperazine rings is 1. The minimum Gasteiger partial charge on any atom is -0.496 e. The number of para-hydroxylation sites is 1. The Kier molecular flexibility index (Phi) is 9.80. The molecule has 1 fully saturated rings. The number of ether oxygens (including phenoxy) is 1. The number of alkyl halides is 3. The first-order chi connectivity index (χ1) is 22.4. The number of anilines is 1. The van der Waals surface area contributed by atoms with Crippen molar-refractivity contribution in [2.24, 2.45) is 0 Å². The summed E-state index contributed by atoms with van der Waals surface area (Å²) >= 11 is 0. The molecule has 0 amide bonds. The van der Waals surface area contributed by atoms with Gasteiger partial charge in [0.1, 0.15) is 17.3 Å². The fraction of sp³-hybridized carbons (Fsp3) is 0.333. The maximum atomic E-state index is 15.0. The average Bonchev–Trinajstić information content (AvgIpc) is 3.04. The molecule has 0 radical (unpaired) electrons. The lowest BCUT2D eigenvalue weighted by molar-refractivity contribution is -0.384. The van der Waals surface area contributed by atoms with Crippen molar-refractivity contribution in [1.82, 2.24) is 14.0 Å². The molecule has 0 saturated carbocycles. The lowest BCUT2D eigenvalue weighted by Gasteiger charge is -2.36. The summed E-state index contributed by atoms with van der Waals surface area (Å²) in [6.07, 6.45) is -4.66. The molecule has 1 saturated heterocycles. The van der Waals surface area contributed by atoms with Crippen LogP contribution in [0.25, 0.3) is 0 Å². The smallest absolute Gasteiger partial charge is 0.416 e. The summed E-state index contributed by atoms with van der Waals surface area (Å²) in [6, 6.07) is 16.0. The summed E-state index contributed by atoms with van der Waals surface area (Å²) in [5.41, 5.74) is -1.64. The Bertz CT molecular complexity index is 1900. The topological polar surface area (TPSA) is 103 Å². The van der Waals surface area contributed by atoms with Crippen molar-refractivity contribution in [3.63, 3.8) is 0 Å². The number of rotatable bonds is 10. The van der Waals surface area contributed by atoms with E-state index in [1.165, 1.54) is 26.2 Å². The highest BCUT2D eigenvalue weighted by atomic mass is 19.4. The summed E-state index contributed by atoms with van der Waals surface area (Å²) in [7, 11) is 1.49. The Balaban J connectivity index is 1.51. The van der Waals surface area contributed by atoms with Gasteiger partial charge in [0.25, 0.3) is 11.2 Å². The monoisotopic (exact) mass is 655 g/mol. The average molecular weight is 656 g/mol. The van der Waals surface area contributed by atoms with Gasteiger partial charge in [0, 0.05) is 62.7 Å². The molecule has 1 aliphatic heterocycles. The van der Waals surface area contributed by atoms with Gasteiger partial charge in [-0.1, -0.05) is 36.4 Å². The molecule has 0 spiro atoms. The van der Waals surface area contributed by atoms with Crippen LogP contribution in [0, 0.1) is 22.9 Å². The number of non-ortho nitro benzene ring substituents is 1. The highest BCUT2D eigenvalue weighted by Crippen LogP contribution is 2.33. The van der Waals surface area contributed by atoms with E-state index in [1.54, 1.807) is 41.3 Å². The van der Waals surface area contributed by atoms with E-state index in [4.69, 9.17) is 4.74 Å².